The molecule has 0 radical (unpaired) electrons. The summed E-state index contributed by atoms with van der Waals surface area (Å²) >= 11 is 0. The molecule has 25 heavy (non-hydrogen) atoms. The van der Waals surface area contributed by atoms with Gasteiger partial charge in [-0.3, -0.25) is 4.79 Å². The van der Waals surface area contributed by atoms with Crippen molar-refractivity contribution in [2.45, 2.75) is 129 Å². The summed E-state index contributed by atoms with van der Waals surface area (Å²) in [4.78, 5) is 12.0. The number of hydrogen-bond acceptors (Lipinski definition) is 3. The topological polar surface area (TPSA) is 46.5 Å². The normalized spacial score (nSPS) is 12.3. The Morgan fingerprint density at radius 3 is 1.72 bits per heavy atom. The second kappa shape index (κ2) is 19.8. The highest BCUT2D eigenvalue weighted by molar-refractivity contribution is 5.69. The Morgan fingerprint density at radius 2 is 1.20 bits per heavy atom. The first-order chi connectivity index (χ1) is 12.2. The second-order valence-electron chi connectivity index (χ2n) is 7.41. The van der Waals surface area contributed by atoms with Crippen molar-refractivity contribution in [1.29, 1.82) is 0 Å². The molecular formula is C22H44O3. The molecule has 0 fully saturated rings. The van der Waals surface area contributed by atoms with Crippen LogP contribution in [-0.2, 0) is 9.53 Å². The van der Waals surface area contributed by atoms with E-state index in [1.165, 1.54) is 70.6 Å². The summed E-state index contributed by atoms with van der Waals surface area (Å²) in [6.45, 7) is 4.56. The number of unbranched alkanes of at least 4 members (excludes halogenated alkanes) is 12. The lowest BCUT2D eigenvalue weighted by atomic mass is 10.1. The highest BCUT2D eigenvalue weighted by Crippen LogP contribution is 2.14. The van der Waals surface area contributed by atoms with Crippen molar-refractivity contribution in [2.75, 3.05) is 6.61 Å². The number of ether oxygens (including phenoxy) is 1. The van der Waals surface area contributed by atoms with E-state index in [1.54, 1.807) is 0 Å². The van der Waals surface area contributed by atoms with Gasteiger partial charge in [0.15, 0.2) is 0 Å². The van der Waals surface area contributed by atoms with Gasteiger partial charge in [-0.1, -0.05) is 90.9 Å². The molecule has 0 aromatic rings. The van der Waals surface area contributed by atoms with Crippen LogP contribution in [0.4, 0.5) is 0 Å². The van der Waals surface area contributed by atoms with Gasteiger partial charge >= 0.3 is 5.97 Å². The first-order valence-corrected chi connectivity index (χ1v) is 11.0. The van der Waals surface area contributed by atoms with E-state index in [1.807, 2.05) is 0 Å². The molecule has 1 atom stereocenters. The Hall–Kier alpha value is -0.570. The fraction of sp³-hybridized carbons (Fsp3) is 0.955. The van der Waals surface area contributed by atoms with Crippen LogP contribution in [0.1, 0.15) is 123 Å². The average molecular weight is 357 g/mol. The first-order valence-electron chi connectivity index (χ1n) is 11.0. The molecule has 0 aliphatic carbocycles. The van der Waals surface area contributed by atoms with Gasteiger partial charge in [0.2, 0.25) is 0 Å². The first kappa shape index (κ1) is 24.4. The highest BCUT2D eigenvalue weighted by atomic mass is 16.5. The summed E-state index contributed by atoms with van der Waals surface area (Å²) in [5.41, 5.74) is 0. The van der Waals surface area contributed by atoms with E-state index in [-0.39, 0.29) is 18.7 Å². The second-order valence-corrected chi connectivity index (χ2v) is 7.41. The minimum absolute atomic E-state index is 0.0741. The zero-order valence-electron chi connectivity index (χ0n) is 17.1. The van der Waals surface area contributed by atoms with Gasteiger partial charge in [0.05, 0.1) is 0 Å². The maximum absolute atomic E-state index is 12.0. The van der Waals surface area contributed by atoms with E-state index in [2.05, 4.69) is 13.8 Å². The number of carbonyl (C=O) groups is 1. The van der Waals surface area contributed by atoms with Crippen LogP contribution in [0.3, 0.4) is 0 Å². The van der Waals surface area contributed by atoms with Crippen molar-refractivity contribution in [3.63, 3.8) is 0 Å². The lowest BCUT2D eigenvalue weighted by Crippen LogP contribution is -2.19. The molecule has 150 valence electrons. The Kier molecular flexibility index (Phi) is 19.3. The molecule has 0 rings (SSSR count). The summed E-state index contributed by atoms with van der Waals surface area (Å²) < 4.78 is 5.57. The predicted molar refractivity (Wildman–Crippen MR) is 107 cm³/mol. The Bertz CT molecular complexity index is 278. The lowest BCUT2D eigenvalue weighted by molar-refractivity contribution is -0.150. The number of aliphatic hydroxyl groups excluding tert-OH is 1. The molecule has 0 spiro atoms. The van der Waals surface area contributed by atoms with Gasteiger partial charge in [0, 0.05) is 19.4 Å². The molecular weight excluding hydrogens is 312 g/mol. The summed E-state index contributed by atoms with van der Waals surface area (Å²) in [5, 5.41) is 9.15. The van der Waals surface area contributed by atoms with Crippen LogP contribution in [0.15, 0.2) is 0 Å². The van der Waals surface area contributed by atoms with Gasteiger partial charge in [-0.25, -0.2) is 0 Å². The molecule has 1 unspecified atom stereocenters. The number of aliphatic hydroxyl groups is 1. The molecule has 0 saturated heterocycles. The highest BCUT2D eigenvalue weighted by Gasteiger charge is 2.13. The number of hydrogen-bond donors (Lipinski definition) is 1. The maximum Gasteiger partial charge on any atom is 0.306 e. The molecule has 3 nitrogen and oxygen atoms in total. The molecule has 0 aromatic carbocycles. The van der Waals surface area contributed by atoms with E-state index >= 15 is 0 Å². The van der Waals surface area contributed by atoms with Crippen LogP contribution >= 0.6 is 0 Å². The third-order valence-electron chi connectivity index (χ3n) is 4.86. The molecule has 0 heterocycles. The Balaban J connectivity index is 3.60. The minimum Gasteiger partial charge on any atom is -0.462 e. The Labute approximate surface area is 156 Å². The van der Waals surface area contributed by atoms with Crippen LogP contribution in [0.5, 0.6) is 0 Å². The van der Waals surface area contributed by atoms with E-state index in [9.17, 15) is 4.79 Å². The van der Waals surface area contributed by atoms with Gasteiger partial charge in [0.1, 0.15) is 6.10 Å². The van der Waals surface area contributed by atoms with Crippen LogP contribution in [0.25, 0.3) is 0 Å². The van der Waals surface area contributed by atoms with E-state index in [0.717, 1.165) is 25.7 Å². The zero-order chi connectivity index (χ0) is 18.6. The third-order valence-corrected chi connectivity index (χ3v) is 4.86. The summed E-state index contributed by atoms with van der Waals surface area (Å²) in [7, 11) is 0. The van der Waals surface area contributed by atoms with Gasteiger partial charge in [0.25, 0.3) is 0 Å². The molecule has 0 aliphatic heterocycles. The van der Waals surface area contributed by atoms with E-state index in [0.29, 0.717) is 12.8 Å². The van der Waals surface area contributed by atoms with Gasteiger partial charge in [-0.2, -0.15) is 0 Å². The van der Waals surface area contributed by atoms with E-state index < -0.39 is 0 Å². The van der Waals surface area contributed by atoms with Crippen molar-refractivity contribution < 1.29 is 14.6 Å². The Morgan fingerprint density at radius 1 is 0.720 bits per heavy atom. The maximum atomic E-state index is 12.0. The molecule has 0 saturated carbocycles. The molecule has 3 heteroatoms. The van der Waals surface area contributed by atoms with Crippen molar-refractivity contribution in [1.82, 2.24) is 0 Å². The predicted octanol–water partition coefficient (Wildman–Crippen LogP) is 6.56. The van der Waals surface area contributed by atoms with Crippen molar-refractivity contribution in [3.8, 4) is 0 Å². The lowest BCUT2D eigenvalue weighted by Gasteiger charge is -2.17. The van der Waals surface area contributed by atoms with Gasteiger partial charge < -0.3 is 9.84 Å². The molecule has 0 bridgehead atoms. The van der Waals surface area contributed by atoms with Gasteiger partial charge in [-0.05, 0) is 19.3 Å². The van der Waals surface area contributed by atoms with Gasteiger partial charge in [-0.15, -0.1) is 0 Å². The molecule has 0 amide bonds. The van der Waals surface area contributed by atoms with Crippen LogP contribution in [0.2, 0.25) is 0 Å². The monoisotopic (exact) mass is 356 g/mol. The number of rotatable bonds is 19. The van der Waals surface area contributed by atoms with Crippen LogP contribution < -0.4 is 0 Å². The van der Waals surface area contributed by atoms with Crippen molar-refractivity contribution in [2.24, 2.45) is 0 Å². The summed E-state index contributed by atoms with van der Waals surface area (Å²) in [6.07, 6.45) is 19.3. The minimum atomic E-state index is -0.0855. The fourth-order valence-electron chi connectivity index (χ4n) is 3.21. The number of carbonyl (C=O) groups excluding carboxylic acids is 1. The standard InChI is InChI=1S/C22H44O3/c1-3-5-7-9-10-11-12-14-16-18-22(24)25-21(19-20-23)17-15-13-8-6-4-2/h21,23H,3-20H2,1-2H3. The zero-order valence-corrected chi connectivity index (χ0v) is 17.1. The molecule has 1 N–H and O–H groups in total. The SMILES string of the molecule is CCCCCCCCCCCC(=O)OC(CCO)CCCCCCC. The molecule has 0 aromatic heterocycles. The quantitative estimate of drug-likeness (QED) is 0.210. The van der Waals surface area contributed by atoms with Crippen molar-refractivity contribution in [3.05, 3.63) is 0 Å². The van der Waals surface area contributed by atoms with Crippen LogP contribution in [-0.4, -0.2) is 23.8 Å². The van der Waals surface area contributed by atoms with E-state index in [4.69, 9.17) is 9.84 Å². The average Bonchev–Trinajstić information content (AvgIpc) is 2.60. The summed E-state index contributed by atoms with van der Waals surface area (Å²) in [6, 6.07) is 0. The fourth-order valence-corrected chi connectivity index (χ4v) is 3.21. The van der Waals surface area contributed by atoms with Crippen molar-refractivity contribution >= 4 is 5.97 Å². The largest absolute Gasteiger partial charge is 0.462 e. The molecule has 0 aliphatic rings. The summed E-state index contributed by atoms with van der Waals surface area (Å²) in [5.74, 6) is -0.0741. The smallest absolute Gasteiger partial charge is 0.306 e. The number of esters is 1. The van der Waals surface area contributed by atoms with Crippen LogP contribution in [0, 0.1) is 0 Å². The third kappa shape index (κ3) is 18.0.